The van der Waals surface area contributed by atoms with E-state index in [9.17, 15) is 5.26 Å². The Balaban J connectivity index is 2.31. The Hall–Kier alpha value is -1.93. The van der Waals surface area contributed by atoms with Crippen LogP contribution in [0.25, 0.3) is 22.2 Å². The van der Waals surface area contributed by atoms with E-state index in [2.05, 4.69) is 6.07 Å². The fourth-order valence-electron chi connectivity index (χ4n) is 2.56. The summed E-state index contributed by atoms with van der Waals surface area (Å²) in [4.78, 5) is 0.985. The van der Waals surface area contributed by atoms with Crippen molar-refractivity contribution in [3.05, 3.63) is 53.1 Å². The minimum atomic E-state index is 0.631. The lowest BCUT2D eigenvalue weighted by molar-refractivity contribution is 0.976. The molecule has 1 heterocycles. The molecule has 0 fully saturated rings. The van der Waals surface area contributed by atoms with Crippen LogP contribution in [0.15, 0.2) is 47.4 Å². The first kappa shape index (κ1) is 14.0. The van der Waals surface area contributed by atoms with E-state index in [1.807, 2.05) is 54.1 Å². The van der Waals surface area contributed by atoms with E-state index in [-0.39, 0.29) is 0 Å². The largest absolute Gasteiger partial charge is 0.343 e. The van der Waals surface area contributed by atoms with Gasteiger partial charge in [0.2, 0.25) is 0 Å². The molecule has 2 aromatic carbocycles. The van der Waals surface area contributed by atoms with Crippen LogP contribution >= 0.6 is 23.5 Å². The Bertz CT molecular complexity index is 860. The van der Waals surface area contributed by atoms with Gasteiger partial charge in [-0.25, -0.2) is 0 Å². The standard InChI is InChI=1S/C16H12ClN3S/c1-20-15-7-4-11(17)8-13(15)14(9-18)16(20)10-2-5-12(21-19)6-3-10/h2-8H,19H2,1H3. The van der Waals surface area contributed by atoms with Gasteiger partial charge in [0.05, 0.1) is 11.3 Å². The van der Waals surface area contributed by atoms with Gasteiger partial charge in [0.15, 0.2) is 0 Å². The molecule has 1 aromatic heterocycles. The first-order valence-electron chi connectivity index (χ1n) is 6.31. The second-order valence-corrected chi connectivity index (χ2v) is 5.84. The van der Waals surface area contributed by atoms with Crippen molar-refractivity contribution in [2.45, 2.75) is 4.90 Å². The van der Waals surface area contributed by atoms with E-state index in [1.54, 1.807) is 0 Å². The maximum Gasteiger partial charge on any atom is 0.102 e. The summed E-state index contributed by atoms with van der Waals surface area (Å²) in [5.41, 5.74) is 3.51. The maximum absolute atomic E-state index is 9.55. The highest BCUT2D eigenvalue weighted by Gasteiger charge is 2.16. The molecule has 21 heavy (non-hydrogen) atoms. The normalized spacial score (nSPS) is 10.8. The SMILES string of the molecule is Cn1c(-c2ccc(SN)cc2)c(C#N)c2cc(Cl)ccc21. The quantitative estimate of drug-likeness (QED) is 0.716. The third-order valence-corrected chi connectivity index (χ3v) is 4.32. The first-order valence-corrected chi connectivity index (χ1v) is 7.56. The minimum absolute atomic E-state index is 0.631. The van der Waals surface area contributed by atoms with Crippen molar-refractivity contribution in [2.24, 2.45) is 12.2 Å². The molecular formula is C16H12ClN3S. The van der Waals surface area contributed by atoms with Crippen LogP contribution < -0.4 is 5.14 Å². The van der Waals surface area contributed by atoms with Crippen molar-refractivity contribution in [1.29, 1.82) is 5.26 Å². The Labute approximate surface area is 132 Å². The van der Waals surface area contributed by atoms with Crippen LogP contribution in [0.1, 0.15) is 5.56 Å². The van der Waals surface area contributed by atoms with Crippen molar-refractivity contribution in [3.63, 3.8) is 0 Å². The van der Waals surface area contributed by atoms with Crippen LogP contribution in [-0.4, -0.2) is 4.57 Å². The molecule has 0 atom stereocenters. The number of rotatable bonds is 2. The molecule has 0 aliphatic rings. The lowest BCUT2D eigenvalue weighted by Crippen LogP contribution is -1.92. The molecule has 104 valence electrons. The highest BCUT2D eigenvalue weighted by atomic mass is 35.5. The van der Waals surface area contributed by atoms with Gasteiger partial charge in [-0.2, -0.15) is 5.26 Å². The molecule has 0 unspecified atom stereocenters. The zero-order valence-electron chi connectivity index (χ0n) is 11.3. The van der Waals surface area contributed by atoms with E-state index in [0.717, 1.165) is 27.1 Å². The van der Waals surface area contributed by atoms with Crippen LogP contribution in [-0.2, 0) is 7.05 Å². The topological polar surface area (TPSA) is 54.7 Å². The number of benzene rings is 2. The van der Waals surface area contributed by atoms with E-state index in [4.69, 9.17) is 16.7 Å². The molecular weight excluding hydrogens is 302 g/mol. The highest BCUT2D eigenvalue weighted by molar-refractivity contribution is 7.97. The smallest absolute Gasteiger partial charge is 0.102 e. The van der Waals surface area contributed by atoms with Gasteiger partial charge in [0, 0.05) is 27.9 Å². The van der Waals surface area contributed by atoms with Crippen molar-refractivity contribution in [1.82, 2.24) is 4.57 Å². The summed E-state index contributed by atoms with van der Waals surface area (Å²) in [5.74, 6) is 0. The predicted molar refractivity (Wildman–Crippen MR) is 88.1 cm³/mol. The second-order valence-electron chi connectivity index (χ2n) is 4.70. The first-order chi connectivity index (χ1) is 10.2. The fourth-order valence-corrected chi connectivity index (χ4v) is 3.02. The summed E-state index contributed by atoms with van der Waals surface area (Å²) >= 11 is 7.26. The summed E-state index contributed by atoms with van der Waals surface area (Å²) in [7, 11) is 1.96. The zero-order valence-corrected chi connectivity index (χ0v) is 12.9. The average Bonchev–Trinajstić information content (AvgIpc) is 2.79. The maximum atomic E-state index is 9.55. The Morgan fingerprint density at radius 3 is 2.52 bits per heavy atom. The number of fused-ring (bicyclic) bond motifs is 1. The molecule has 0 radical (unpaired) electrons. The summed E-state index contributed by atoms with van der Waals surface area (Å²) in [6.45, 7) is 0. The molecule has 0 saturated carbocycles. The zero-order chi connectivity index (χ0) is 15.0. The van der Waals surface area contributed by atoms with Gasteiger partial charge in [0.1, 0.15) is 6.07 Å². The number of aromatic nitrogens is 1. The number of nitrogens with zero attached hydrogens (tertiary/aromatic N) is 2. The third kappa shape index (κ3) is 2.30. The molecule has 3 rings (SSSR count). The van der Waals surface area contributed by atoms with E-state index in [1.165, 1.54) is 11.9 Å². The van der Waals surface area contributed by atoms with Crippen molar-refractivity contribution in [2.75, 3.05) is 0 Å². The molecule has 0 saturated heterocycles. The molecule has 0 amide bonds. The molecule has 3 nitrogen and oxygen atoms in total. The Morgan fingerprint density at radius 1 is 1.19 bits per heavy atom. The Morgan fingerprint density at radius 2 is 1.90 bits per heavy atom. The van der Waals surface area contributed by atoms with E-state index >= 15 is 0 Å². The summed E-state index contributed by atoms with van der Waals surface area (Å²) < 4.78 is 2.02. The van der Waals surface area contributed by atoms with E-state index in [0.29, 0.717) is 10.6 Å². The number of nitrogens with two attached hydrogens (primary N) is 1. The van der Waals surface area contributed by atoms with Crippen LogP contribution in [0.5, 0.6) is 0 Å². The summed E-state index contributed by atoms with van der Waals surface area (Å²) in [5, 5.41) is 16.6. The molecule has 0 spiro atoms. The minimum Gasteiger partial charge on any atom is -0.343 e. The number of aryl methyl sites for hydroxylation is 1. The number of halogens is 1. The van der Waals surface area contributed by atoms with Gasteiger partial charge in [-0.05, 0) is 47.8 Å². The number of nitriles is 1. The van der Waals surface area contributed by atoms with Gasteiger partial charge in [0.25, 0.3) is 0 Å². The Kier molecular flexibility index (Phi) is 3.64. The van der Waals surface area contributed by atoms with Crippen LogP contribution in [0, 0.1) is 11.3 Å². The van der Waals surface area contributed by atoms with Crippen LogP contribution in [0.4, 0.5) is 0 Å². The molecule has 0 aliphatic carbocycles. The molecule has 2 N–H and O–H groups in total. The van der Waals surface area contributed by atoms with Gasteiger partial charge in [-0.1, -0.05) is 23.7 Å². The average molecular weight is 314 g/mol. The third-order valence-electron chi connectivity index (χ3n) is 3.54. The van der Waals surface area contributed by atoms with Crippen molar-refractivity contribution >= 4 is 34.5 Å². The van der Waals surface area contributed by atoms with Gasteiger partial charge < -0.3 is 4.57 Å². The molecule has 3 aromatic rings. The van der Waals surface area contributed by atoms with Crippen LogP contribution in [0.2, 0.25) is 5.02 Å². The van der Waals surface area contributed by atoms with Gasteiger partial charge in [-0.15, -0.1) is 0 Å². The summed E-state index contributed by atoms with van der Waals surface area (Å²) in [6, 6.07) is 15.8. The molecule has 0 aliphatic heterocycles. The lowest BCUT2D eigenvalue weighted by Gasteiger charge is -2.06. The molecule has 0 bridgehead atoms. The van der Waals surface area contributed by atoms with Crippen molar-refractivity contribution in [3.8, 4) is 17.3 Å². The van der Waals surface area contributed by atoms with Crippen LogP contribution in [0.3, 0.4) is 0 Å². The number of hydrogen-bond acceptors (Lipinski definition) is 3. The second kappa shape index (κ2) is 5.45. The summed E-state index contributed by atoms with van der Waals surface area (Å²) in [6.07, 6.45) is 0. The fraction of sp³-hybridized carbons (Fsp3) is 0.0625. The van der Waals surface area contributed by atoms with Gasteiger partial charge >= 0.3 is 0 Å². The molecule has 5 heteroatoms. The highest BCUT2D eigenvalue weighted by Crippen LogP contribution is 2.34. The van der Waals surface area contributed by atoms with Gasteiger partial charge in [-0.3, -0.25) is 5.14 Å². The van der Waals surface area contributed by atoms with E-state index < -0.39 is 0 Å². The lowest BCUT2D eigenvalue weighted by atomic mass is 10.1. The number of hydrogen-bond donors (Lipinski definition) is 1. The monoisotopic (exact) mass is 313 g/mol. The predicted octanol–water partition coefficient (Wildman–Crippen LogP) is 4.34. The van der Waals surface area contributed by atoms with Crippen molar-refractivity contribution < 1.29 is 0 Å².